The van der Waals surface area contributed by atoms with Crippen LogP contribution in [0.5, 0.6) is 0 Å². The van der Waals surface area contributed by atoms with Crippen molar-refractivity contribution in [3.8, 4) is 11.1 Å². The third kappa shape index (κ3) is 5.54. The van der Waals surface area contributed by atoms with Crippen molar-refractivity contribution < 1.29 is 40.7 Å². The monoisotopic (exact) mass is 556 g/mol. The molecule has 0 unspecified atom stereocenters. The van der Waals surface area contributed by atoms with Crippen molar-refractivity contribution in [3.63, 3.8) is 0 Å². The van der Waals surface area contributed by atoms with Crippen LogP contribution in [0, 0.1) is 23.7 Å². The topological polar surface area (TPSA) is 60.3 Å². The standard InChI is InChI=1S/C28H30F6N2O3/c1-26(2,3)39-25(38)36-13-18(20-5-4-19(27(29,30)31)12-21(20)28(32,33)34)11-22(36)24(37)35-23-16-7-14-6-15(9-16)10-17(23)8-14/h4-5,11-17,23H,6-10H2,1-3H3,(H,35,37). The van der Waals surface area contributed by atoms with Gasteiger partial charge in [0.1, 0.15) is 11.3 Å². The second-order valence-corrected chi connectivity index (χ2v) is 12.2. The number of hydrogen-bond acceptors (Lipinski definition) is 3. The maximum absolute atomic E-state index is 13.9. The van der Waals surface area contributed by atoms with Gasteiger partial charge in [-0.15, -0.1) is 0 Å². The predicted octanol–water partition coefficient (Wildman–Crippen LogP) is 7.53. The lowest BCUT2D eigenvalue weighted by Gasteiger charge is -2.54. The van der Waals surface area contributed by atoms with E-state index in [1.54, 1.807) is 20.8 Å². The Kier molecular flexibility index (Phi) is 6.58. The quantitative estimate of drug-likeness (QED) is 0.398. The molecule has 1 amide bonds. The van der Waals surface area contributed by atoms with Crippen molar-refractivity contribution in [1.82, 2.24) is 9.88 Å². The Morgan fingerprint density at radius 3 is 1.97 bits per heavy atom. The molecule has 4 aliphatic rings. The van der Waals surface area contributed by atoms with E-state index in [4.69, 9.17) is 4.74 Å². The molecule has 1 aromatic carbocycles. The van der Waals surface area contributed by atoms with Gasteiger partial charge in [0.25, 0.3) is 5.91 Å². The molecule has 39 heavy (non-hydrogen) atoms. The molecule has 0 spiro atoms. The molecule has 11 heteroatoms. The van der Waals surface area contributed by atoms with Gasteiger partial charge in [0, 0.05) is 17.8 Å². The first-order valence-corrected chi connectivity index (χ1v) is 13.0. The van der Waals surface area contributed by atoms with Crippen LogP contribution in [0.4, 0.5) is 31.1 Å². The van der Waals surface area contributed by atoms with Crippen LogP contribution in [-0.2, 0) is 17.1 Å². The predicted molar refractivity (Wildman–Crippen MR) is 130 cm³/mol. The fourth-order valence-corrected chi connectivity index (χ4v) is 6.84. The van der Waals surface area contributed by atoms with Crippen LogP contribution in [0.15, 0.2) is 30.5 Å². The Morgan fingerprint density at radius 1 is 0.872 bits per heavy atom. The summed E-state index contributed by atoms with van der Waals surface area (Å²) in [5, 5.41) is 3.04. The van der Waals surface area contributed by atoms with Crippen LogP contribution in [0.2, 0.25) is 0 Å². The first-order chi connectivity index (χ1) is 18.0. The van der Waals surface area contributed by atoms with Crippen LogP contribution >= 0.6 is 0 Å². The summed E-state index contributed by atoms with van der Waals surface area (Å²) in [5.74, 6) is 1.28. The summed E-state index contributed by atoms with van der Waals surface area (Å²) in [6.07, 6.45) is -4.81. The number of benzene rings is 1. The molecular formula is C28H30F6N2O3. The maximum atomic E-state index is 13.9. The summed E-state index contributed by atoms with van der Waals surface area (Å²) in [5.41, 5.74) is -4.99. The minimum Gasteiger partial charge on any atom is -0.443 e. The van der Waals surface area contributed by atoms with Crippen LogP contribution in [-0.4, -0.2) is 28.2 Å². The lowest BCUT2D eigenvalue weighted by molar-refractivity contribution is -0.142. The highest BCUT2D eigenvalue weighted by Crippen LogP contribution is 2.53. The molecule has 6 rings (SSSR count). The minimum absolute atomic E-state index is 0.0361. The Balaban J connectivity index is 1.53. The summed E-state index contributed by atoms with van der Waals surface area (Å²) >= 11 is 0. The van der Waals surface area contributed by atoms with E-state index in [0.29, 0.717) is 35.8 Å². The van der Waals surface area contributed by atoms with E-state index >= 15 is 0 Å². The van der Waals surface area contributed by atoms with E-state index < -0.39 is 46.6 Å². The number of nitrogens with one attached hydrogen (secondary N) is 1. The van der Waals surface area contributed by atoms with Gasteiger partial charge in [-0.1, -0.05) is 6.07 Å². The Bertz CT molecular complexity index is 1260. The average molecular weight is 557 g/mol. The summed E-state index contributed by atoms with van der Waals surface area (Å²) < 4.78 is 87.4. The molecule has 2 aromatic rings. The molecule has 5 nitrogen and oxygen atoms in total. The summed E-state index contributed by atoms with van der Waals surface area (Å²) in [4.78, 5) is 26.6. The zero-order valence-electron chi connectivity index (χ0n) is 21.7. The zero-order chi connectivity index (χ0) is 28.5. The molecule has 4 aliphatic carbocycles. The first-order valence-electron chi connectivity index (χ1n) is 13.0. The van der Waals surface area contributed by atoms with Crippen molar-refractivity contribution in [3.05, 3.63) is 47.3 Å². The largest absolute Gasteiger partial charge is 0.443 e. The highest BCUT2D eigenvalue weighted by molar-refractivity contribution is 5.98. The molecule has 0 saturated heterocycles. The highest BCUT2D eigenvalue weighted by Gasteiger charge is 2.49. The molecule has 0 radical (unpaired) electrons. The second kappa shape index (κ2) is 9.30. The minimum atomic E-state index is -5.12. The summed E-state index contributed by atoms with van der Waals surface area (Å²) in [6.45, 7) is 4.80. The number of ether oxygens (including phenoxy) is 1. The van der Waals surface area contributed by atoms with Gasteiger partial charge in [0.2, 0.25) is 0 Å². The van der Waals surface area contributed by atoms with Crippen molar-refractivity contribution in [1.29, 1.82) is 0 Å². The third-order valence-electron chi connectivity index (χ3n) is 8.13. The van der Waals surface area contributed by atoms with E-state index in [-0.39, 0.29) is 23.4 Å². The Morgan fingerprint density at radius 2 is 1.46 bits per heavy atom. The molecule has 212 valence electrons. The van der Waals surface area contributed by atoms with Gasteiger partial charge in [0.05, 0.1) is 11.1 Å². The molecule has 0 atom stereocenters. The van der Waals surface area contributed by atoms with Crippen molar-refractivity contribution >= 4 is 12.0 Å². The SMILES string of the molecule is CC(C)(C)OC(=O)n1cc(-c2ccc(C(F)(F)F)cc2C(F)(F)F)cc1C(=O)NC1C2CC3CC(C2)CC1C3. The lowest BCUT2D eigenvalue weighted by atomic mass is 9.54. The number of alkyl halides is 6. The van der Waals surface area contributed by atoms with Crippen molar-refractivity contribution in [2.45, 2.75) is 76.9 Å². The van der Waals surface area contributed by atoms with Crippen LogP contribution < -0.4 is 5.32 Å². The number of hydrogen-bond donors (Lipinski definition) is 1. The summed E-state index contributed by atoms with van der Waals surface area (Å²) in [7, 11) is 0. The number of carbonyl (C=O) groups is 2. The van der Waals surface area contributed by atoms with Crippen LogP contribution in [0.3, 0.4) is 0 Å². The van der Waals surface area contributed by atoms with Gasteiger partial charge in [-0.25, -0.2) is 9.36 Å². The van der Waals surface area contributed by atoms with Gasteiger partial charge in [0.15, 0.2) is 0 Å². The average Bonchev–Trinajstić information content (AvgIpc) is 3.24. The Labute approximate surface area is 221 Å². The van der Waals surface area contributed by atoms with E-state index in [9.17, 15) is 35.9 Å². The zero-order valence-corrected chi connectivity index (χ0v) is 21.7. The number of amides is 1. The fourth-order valence-electron chi connectivity index (χ4n) is 6.84. The number of carbonyl (C=O) groups excluding carboxylic acids is 2. The van der Waals surface area contributed by atoms with Crippen LogP contribution in [0.1, 0.15) is 74.5 Å². The molecule has 0 aliphatic heterocycles. The normalized spacial score (nSPS) is 26.5. The molecule has 4 fully saturated rings. The van der Waals surface area contributed by atoms with Crippen LogP contribution in [0.25, 0.3) is 11.1 Å². The van der Waals surface area contributed by atoms with Gasteiger partial charge < -0.3 is 10.1 Å². The van der Waals surface area contributed by atoms with Crippen molar-refractivity contribution in [2.75, 3.05) is 0 Å². The lowest BCUT2D eigenvalue weighted by Crippen LogP contribution is -2.56. The fraction of sp³-hybridized carbons (Fsp3) is 0.571. The van der Waals surface area contributed by atoms with Gasteiger partial charge >= 0.3 is 18.4 Å². The van der Waals surface area contributed by atoms with E-state index in [1.165, 1.54) is 6.42 Å². The van der Waals surface area contributed by atoms with Gasteiger partial charge in [-0.05, 0) is 100 Å². The highest BCUT2D eigenvalue weighted by atomic mass is 19.4. The summed E-state index contributed by atoms with van der Waals surface area (Å²) in [6, 6.07) is 2.29. The third-order valence-corrected chi connectivity index (χ3v) is 8.13. The van der Waals surface area contributed by atoms with Gasteiger partial charge in [-0.2, -0.15) is 26.3 Å². The van der Waals surface area contributed by atoms with Gasteiger partial charge in [-0.3, -0.25) is 4.79 Å². The number of halogens is 6. The number of rotatable bonds is 3. The van der Waals surface area contributed by atoms with E-state index in [1.807, 2.05) is 0 Å². The van der Waals surface area contributed by atoms with Crippen molar-refractivity contribution in [2.24, 2.45) is 23.7 Å². The van der Waals surface area contributed by atoms with E-state index in [2.05, 4.69) is 5.32 Å². The smallest absolute Gasteiger partial charge is 0.419 e. The number of aromatic nitrogens is 1. The Hall–Kier alpha value is -2.98. The maximum Gasteiger partial charge on any atom is 0.419 e. The van der Waals surface area contributed by atoms with E-state index in [0.717, 1.165) is 42.5 Å². The molecule has 1 N–H and O–H groups in total. The molecule has 4 bridgehead atoms. The second-order valence-electron chi connectivity index (χ2n) is 12.2. The molecule has 4 saturated carbocycles. The first kappa shape index (κ1) is 27.6. The number of nitrogens with zero attached hydrogens (tertiary/aromatic N) is 1. The molecule has 1 aromatic heterocycles. The molecule has 1 heterocycles. The molecular weight excluding hydrogens is 526 g/mol.